The van der Waals surface area contributed by atoms with Crippen molar-refractivity contribution < 1.29 is 14.2 Å². The van der Waals surface area contributed by atoms with E-state index >= 15 is 0 Å². The first kappa shape index (κ1) is 12.8. The quantitative estimate of drug-likeness (QED) is 0.617. The molecular weight excluding hydrogens is 226 g/mol. The Morgan fingerprint density at radius 2 is 2.12 bits per heavy atom. The van der Waals surface area contributed by atoms with Gasteiger partial charge in [-0.2, -0.15) is 0 Å². The third-order valence-corrected chi connectivity index (χ3v) is 3.35. The van der Waals surface area contributed by atoms with Crippen molar-refractivity contribution in [1.29, 1.82) is 0 Å². The van der Waals surface area contributed by atoms with Crippen LogP contribution >= 0.6 is 11.8 Å². The summed E-state index contributed by atoms with van der Waals surface area (Å²) in [5.41, 5.74) is 0. The van der Waals surface area contributed by atoms with Gasteiger partial charge in [0.05, 0.1) is 19.8 Å². The molecule has 0 bridgehead atoms. The number of nitrogens with zero attached hydrogens (tertiary/aromatic N) is 2. The minimum absolute atomic E-state index is 0.107. The molecule has 6 heteroatoms. The third-order valence-electron chi connectivity index (χ3n) is 1.97. The van der Waals surface area contributed by atoms with Gasteiger partial charge in [-0.1, -0.05) is 0 Å². The highest BCUT2D eigenvalue weighted by Crippen LogP contribution is 2.17. The number of carbonyl (C=O) groups excluding carboxylic acids is 2. The molecule has 0 unspecified atom stereocenters. The summed E-state index contributed by atoms with van der Waals surface area (Å²) in [5, 5.41) is 3.66. The number of anilines is 1. The van der Waals surface area contributed by atoms with Gasteiger partial charge >= 0.3 is 5.16 Å². The first-order valence-electron chi connectivity index (χ1n) is 4.87. The Morgan fingerprint density at radius 1 is 1.50 bits per heavy atom. The Bertz CT molecular complexity index is 426. The third kappa shape index (κ3) is 3.10. The number of aromatic nitrogens is 2. The molecule has 1 aromatic rings. The van der Waals surface area contributed by atoms with Crippen LogP contribution in [0.3, 0.4) is 0 Å². The fourth-order valence-electron chi connectivity index (χ4n) is 1.33. The summed E-state index contributed by atoms with van der Waals surface area (Å²) in [4.78, 5) is 21.9. The zero-order valence-corrected chi connectivity index (χ0v) is 10.7. The van der Waals surface area contributed by atoms with Crippen molar-refractivity contribution in [2.75, 3.05) is 11.1 Å². The van der Waals surface area contributed by atoms with Crippen LogP contribution in [-0.4, -0.2) is 22.0 Å². The highest BCUT2D eigenvalue weighted by molar-refractivity contribution is 7.99. The molecule has 1 heterocycles. The van der Waals surface area contributed by atoms with Crippen LogP contribution < -0.4 is 9.88 Å². The number of imidazole rings is 1. The number of nitrogens with one attached hydrogen (secondary N) is 1. The molecule has 0 saturated carbocycles. The number of rotatable bonds is 4. The van der Waals surface area contributed by atoms with Crippen molar-refractivity contribution in [3.05, 3.63) is 6.20 Å². The van der Waals surface area contributed by atoms with Crippen molar-refractivity contribution in [2.24, 2.45) is 14.1 Å². The first-order chi connectivity index (χ1) is 7.41. The average Bonchev–Trinajstić information content (AvgIpc) is 2.39. The zero-order chi connectivity index (χ0) is 12.3. The first-order valence-corrected chi connectivity index (χ1v) is 5.85. The molecule has 1 amide bonds. The Balaban J connectivity index is 2.88. The standard InChI is InChI=1S/C10H15N3O2S/c1-7(14)6-16-10-12(3)5-9(13(10)4)11-8(2)15/h5H,6H2,1-4H3/p+1. The van der Waals surface area contributed by atoms with E-state index in [9.17, 15) is 9.59 Å². The maximum absolute atomic E-state index is 11.0. The lowest BCUT2D eigenvalue weighted by molar-refractivity contribution is -0.709. The molecule has 0 spiro atoms. The van der Waals surface area contributed by atoms with Crippen molar-refractivity contribution in [2.45, 2.75) is 19.0 Å². The molecule has 5 nitrogen and oxygen atoms in total. The van der Waals surface area contributed by atoms with Gasteiger partial charge in [-0.05, 0) is 18.7 Å². The molecule has 1 N–H and O–H groups in total. The van der Waals surface area contributed by atoms with Crippen LogP contribution in [0.25, 0.3) is 0 Å². The number of hydrogen-bond acceptors (Lipinski definition) is 3. The topological polar surface area (TPSA) is 55.0 Å². The van der Waals surface area contributed by atoms with Crippen LogP contribution in [-0.2, 0) is 23.7 Å². The normalized spacial score (nSPS) is 10.2. The molecule has 1 rings (SSSR count). The largest absolute Gasteiger partial charge is 0.319 e. The Hall–Kier alpha value is -1.30. The Kier molecular flexibility index (Phi) is 4.12. The van der Waals surface area contributed by atoms with E-state index in [1.54, 1.807) is 6.92 Å². The molecule has 0 fully saturated rings. The Morgan fingerprint density at radius 3 is 2.62 bits per heavy atom. The molecule has 0 radical (unpaired) electrons. The van der Waals surface area contributed by atoms with E-state index in [1.807, 2.05) is 29.4 Å². The van der Waals surface area contributed by atoms with Gasteiger partial charge in [-0.3, -0.25) is 14.9 Å². The van der Waals surface area contributed by atoms with Crippen LogP contribution in [0.2, 0.25) is 0 Å². The number of aryl methyl sites for hydroxylation is 1. The minimum Gasteiger partial charge on any atom is -0.299 e. The molecule has 0 aromatic carbocycles. The predicted octanol–water partition coefficient (Wildman–Crippen LogP) is 0.489. The van der Waals surface area contributed by atoms with Gasteiger partial charge in [0.1, 0.15) is 5.78 Å². The molecule has 88 valence electrons. The van der Waals surface area contributed by atoms with Crippen LogP contribution in [0.5, 0.6) is 0 Å². The highest BCUT2D eigenvalue weighted by Gasteiger charge is 2.19. The van der Waals surface area contributed by atoms with E-state index in [-0.39, 0.29) is 11.7 Å². The van der Waals surface area contributed by atoms with E-state index < -0.39 is 0 Å². The molecule has 0 atom stereocenters. The predicted molar refractivity (Wildman–Crippen MR) is 62.3 cm³/mol. The lowest BCUT2D eigenvalue weighted by Crippen LogP contribution is -2.28. The molecule has 0 aliphatic rings. The number of Topliss-reactive ketones (excluding diaryl/α,β-unsaturated/α-hetero) is 1. The lowest BCUT2D eigenvalue weighted by Gasteiger charge is -1.98. The van der Waals surface area contributed by atoms with Gasteiger partial charge in [-0.15, -0.1) is 0 Å². The fourth-order valence-corrected chi connectivity index (χ4v) is 2.21. The minimum atomic E-state index is -0.107. The van der Waals surface area contributed by atoms with Crippen molar-refractivity contribution in [3.63, 3.8) is 0 Å². The second-order valence-electron chi connectivity index (χ2n) is 3.64. The summed E-state index contributed by atoms with van der Waals surface area (Å²) in [6.45, 7) is 3.03. The van der Waals surface area contributed by atoms with Crippen LogP contribution in [0.1, 0.15) is 13.8 Å². The van der Waals surface area contributed by atoms with E-state index in [2.05, 4.69) is 5.32 Å². The zero-order valence-electron chi connectivity index (χ0n) is 9.90. The maximum atomic E-state index is 11.0. The van der Waals surface area contributed by atoms with Gasteiger partial charge in [0, 0.05) is 6.92 Å². The van der Waals surface area contributed by atoms with Crippen molar-refractivity contribution in [3.8, 4) is 0 Å². The summed E-state index contributed by atoms with van der Waals surface area (Å²) >= 11 is 1.45. The monoisotopic (exact) mass is 242 g/mol. The van der Waals surface area contributed by atoms with Crippen LogP contribution in [0.15, 0.2) is 11.4 Å². The highest BCUT2D eigenvalue weighted by atomic mass is 32.2. The van der Waals surface area contributed by atoms with E-state index in [0.717, 1.165) is 11.0 Å². The number of amides is 1. The number of hydrogen-bond donors (Lipinski definition) is 1. The van der Waals surface area contributed by atoms with Gasteiger partial charge < -0.3 is 0 Å². The second kappa shape index (κ2) is 5.16. The summed E-state index contributed by atoms with van der Waals surface area (Å²) in [7, 11) is 3.74. The van der Waals surface area contributed by atoms with Crippen molar-refractivity contribution >= 4 is 29.3 Å². The summed E-state index contributed by atoms with van der Waals surface area (Å²) in [6, 6.07) is 0. The molecule has 0 saturated heterocycles. The lowest BCUT2D eigenvalue weighted by atomic mass is 10.5. The van der Waals surface area contributed by atoms with Gasteiger partial charge in [0.2, 0.25) is 11.7 Å². The number of carbonyl (C=O) groups is 2. The number of thioether (sulfide) groups is 1. The smallest absolute Gasteiger partial charge is 0.299 e. The van der Waals surface area contributed by atoms with Crippen molar-refractivity contribution in [1.82, 2.24) is 4.57 Å². The average molecular weight is 242 g/mol. The van der Waals surface area contributed by atoms with E-state index in [0.29, 0.717) is 5.75 Å². The summed E-state index contributed by atoms with van der Waals surface area (Å²) < 4.78 is 3.74. The summed E-state index contributed by atoms with van der Waals surface area (Å²) in [6.07, 6.45) is 1.82. The van der Waals surface area contributed by atoms with Crippen LogP contribution in [0, 0.1) is 0 Å². The van der Waals surface area contributed by atoms with E-state index in [4.69, 9.17) is 0 Å². The summed E-state index contributed by atoms with van der Waals surface area (Å²) in [5.74, 6) is 1.18. The molecule has 0 aliphatic carbocycles. The van der Waals surface area contributed by atoms with E-state index in [1.165, 1.54) is 18.7 Å². The van der Waals surface area contributed by atoms with Crippen LogP contribution in [0.4, 0.5) is 5.82 Å². The SMILES string of the molecule is CC(=O)CSc1n(C)c(NC(C)=O)c[n+]1C. The number of ketones is 1. The molecule has 16 heavy (non-hydrogen) atoms. The Labute approximate surface area is 98.8 Å². The van der Waals surface area contributed by atoms with Gasteiger partial charge in [-0.25, -0.2) is 9.13 Å². The maximum Gasteiger partial charge on any atom is 0.319 e. The molecular formula is C10H16N3O2S+. The fraction of sp³-hybridized carbons (Fsp3) is 0.500. The molecule has 0 aliphatic heterocycles. The van der Waals surface area contributed by atoms with Gasteiger partial charge in [0.25, 0.3) is 0 Å². The second-order valence-corrected chi connectivity index (χ2v) is 4.58. The molecule has 1 aromatic heterocycles. The van der Waals surface area contributed by atoms with Gasteiger partial charge in [0.15, 0.2) is 6.20 Å².